The van der Waals surface area contributed by atoms with E-state index in [0.717, 1.165) is 17.5 Å². The Kier molecular flexibility index (Phi) is 5.30. The third-order valence-electron chi connectivity index (χ3n) is 6.10. The van der Waals surface area contributed by atoms with Gasteiger partial charge in [0.15, 0.2) is 0 Å². The zero-order chi connectivity index (χ0) is 20.3. The van der Waals surface area contributed by atoms with Gasteiger partial charge in [-0.05, 0) is 49.3 Å². The summed E-state index contributed by atoms with van der Waals surface area (Å²) in [5, 5.41) is 3.66. The predicted octanol–water partition coefficient (Wildman–Crippen LogP) is 6.90. The van der Waals surface area contributed by atoms with Crippen molar-refractivity contribution in [1.82, 2.24) is 9.38 Å². The molecule has 3 heteroatoms. The molecule has 0 spiro atoms. The van der Waals surface area contributed by atoms with Crippen molar-refractivity contribution in [3.8, 4) is 11.1 Å². The number of nitrogens with zero attached hydrogens (tertiary/aromatic N) is 2. The van der Waals surface area contributed by atoms with E-state index in [2.05, 4.69) is 87.6 Å². The maximum absolute atomic E-state index is 4.85. The number of aryl methyl sites for hydroxylation is 5. The van der Waals surface area contributed by atoms with Crippen LogP contribution < -0.4 is 0 Å². The normalized spacial score (nSPS) is 11.4. The summed E-state index contributed by atoms with van der Waals surface area (Å²) >= 11 is 0. The fraction of sp³-hybridized carbons (Fsp3) is 0.222. The van der Waals surface area contributed by atoms with E-state index < -0.39 is 0 Å². The van der Waals surface area contributed by atoms with E-state index >= 15 is 0 Å². The van der Waals surface area contributed by atoms with Crippen LogP contribution in [0.4, 0.5) is 0 Å². The van der Waals surface area contributed by atoms with Crippen molar-refractivity contribution >= 4 is 27.3 Å². The van der Waals surface area contributed by atoms with E-state index in [-0.39, 0.29) is 20.1 Å². The zero-order valence-electron chi connectivity index (χ0n) is 18.1. The Morgan fingerprint density at radius 3 is 2.47 bits per heavy atom. The second-order valence-electron chi connectivity index (χ2n) is 8.15. The van der Waals surface area contributed by atoms with Crippen LogP contribution in [0.15, 0.2) is 48.7 Å². The number of pyridine rings is 1. The van der Waals surface area contributed by atoms with Gasteiger partial charge >= 0.3 is 0 Å². The third-order valence-corrected chi connectivity index (χ3v) is 6.10. The predicted molar refractivity (Wildman–Crippen MR) is 123 cm³/mol. The number of rotatable bonds is 2. The molecule has 0 N–H and O–H groups in total. The average molecular weight is 570 g/mol. The summed E-state index contributed by atoms with van der Waals surface area (Å²) in [5.74, 6) is 0. The number of benzene rings is 3. The van der Waals surface area contributed by atoms with Crippen LogP contribution in [0.2, 0.25) is 0 Å². The number of aromatic nitrogens is 2. The molecule has 0 aliphatic carbocycles. The van der Waals surface area contributed by atoms with E-state index in [4.69, 9.17) is 4.98 Å². The molecule has 153 valence electrons. The molecule has 3 aromatic carbocycles. The molecule has 0 amide bonds. The third kappa shape index (κ3) is 2.92. The summed E-state index contributed by atoms with van der Waals surface area (Å²) in [6, 6.07) is 19.0. The van der Waals surface area contributed by atoms with E-state index in [9.17, 15) is 0 Å². The fourth-order valence-corrected chi connectivity index (χ4v) is 4.80. The Bertz CT molecular complexity index is 1430. The van der Waals surface area contributed by atoms with Gasteiger partial charge in [0.2, 0.25) is 0 Å². The second-order valence-corrected chi connectivity index (χ2v) is 8.15. The molecule has 1 radical (unpaired) electrons. The topological polar surface area (TPSA) is 17.3 Å². The molecule has 5 rings (SSSR count). The smallest absolute Gasteiger partial charge is 0.0611 e. The van der Waals surface area contributed by atoms with Crippen LogP contribution in [0.25, 0.3) is 38.4 Å². The van der Waals surface area contributed by atoms with Gasteiger partial charge < -0.3 is 4.40 Å². The van der Waals surface area contributed by atoms with Crippen LogP contribution in [-0.4, -0.2) is 9.38 Å². The molecule has 0 aliphatic rings. The van der Waals surface area contributed by atoms with Crippen LogP contribution >= 0.6 is 0 Å². The molecule has 0 saturated heterocycles. The first kappa shape index (κ1) is 20.8. The van der Waals surface area contributed by atoms with Crippen molar-refractivity contribution < 1.29 is 20.1 Å². The van der Waals surface area contributed by atoms with Crippen LogP contribution in [0.3, 0.4) is 0 Å². The van der Waals surface area contributed by atoms with Crippen molar-refractivity contribution in [3.05, 3.63) is 82.7 Å². The average Bonchev–Trinajstić information content (AvgIpc) is 3.12. The molecule has 0 bridgehead atoms. The molecule has 2 aromatic heterocycles. The first-order valence-electron chi connectivity index (χ1n) is 10.3. The van der Waals surface area contributed by atoms with E-state index in [1.807, 2.05) is 6.20 Å². The number of hydrogen-bond acceptors (Lipinski definition) is 1. The van der Waals surface area contributed by atoms with Gasteiger partial charge in [0, 0.05) is 37.5 Å². The number of hydrogen-bond donors (Lipinski definition) is 0. The first-order chi connectivity index (χ1) is 14.0. The Balaban J connectivity index is 0.00000218. The van der Waals surface area contributed by atoms with Gasteiger partial charge in [-0.3, -0.25) is 4.98 Å². The molecular weight excluding hydrogens is 545 g/mol. The van der Waals surface area contributed by atoms with E-state index in [1.54, 1.807) is 0 Å². The van der Waals surface area contributed by atoms with Gasteiger partial charge in [0.05, 0.1) is 5.65 Å². The summed E-state index contributed by atoms with van der Waals surface area (Å²) in [6.45, 7) is 11.0. The largest absolute Gasteiger partial charge is 0.337 e. The molecule has 0 fully saturated rings. The molecule has 0 saturated carbocycles. The minimum Gasteiger partial charge on any atom is -0.337 e. The van der Waals surface area contributed by atoms with Gasteiger partial charge in [-0.25, -0.2) is 0 Å². The zero-order valence-corrected chi connectivity index (χ0v) is 20.4. The van der Waals surface area contributed by atoms with E-state index in [1.165, 1.54) is 55.4 Å². The van der Waals surface area contributed by atoms with Crippen LogP contribution in [0.5, 0.6) is 0 Å². The quantitative estimate of drug-likeness (QED) is 0.167. The van der Waals surface area contributed by atoms with Crippen LogP contribution in [0.1, 0.15) is 34.9 Å². The van der Waals surface area contributed by atoms with Crippen molar-refractivity contribution in [2.24, 2.45) is 0 Å². The minimum absolute atomic E-state index is 0. The van der Waals surface area contributed by atoms with Crippen molar-refractivity contribution in [1.29, 1.82) is 0 Å². The molecule has 30 heavy (non-hydrogen) atoms. The maximum atomic E-state index is 4.85. The fourth-order valence-electron chi connectivity index (χ4n) is 4.80. The van der Waals surface area contributed by atoms with Crippen molar-refractivity contribution in [2.45, 2.75) is 41.0 Å². The van der Waals surface area contributed by atoms with Gasteiger partial charge in [-0.2, -0.15) is 0 Å². The monoisotopic (exact) mass is 570 g/mol. The molecular formula is C27H25IrN2-. The molecule has 0 aliphatic heterocycles. The SMILES string of the molecule is CCc1cnc2c3[c-]cc(C)c(-c4ccccc4C)c3c3cc(C)cc(C)c3n12.[Ir]. The van der Waals surface area contributed by atoms with Crippen LogP contribution in [0, 0.1) is 33.8 Å². The molecule has 0 unspecified atom stereocenters. The van der Waals surface area contributed by atoms with Gasteiger partial charge in [0.25, 0.3) is 0 Å². The van der Waals surface area contributed by atoms with Gasteiger partial charge in [-0.1, -0.05) is 72.1 Å². The van der Waals surface area contributed by atoms with Crippen LogP contribution in [-0.2, 0) is 26.5 Å². The summed E-state index contributed by atoms with van der Waals surface area (Å²) < 4.78 is 2.35. The maximum Gasteiger partial charge on any atom is 0.0611 e. The first-order valence-corrected chi connectivity index (χ1v) is 10.3. The summed E-state index contributed by atoms with van der Waals surface area (Å²) in [6.07, 6.45) is 2.97. The Morgan fingerprint density at radius 1 is 0.967 bits per heavy atom. The number of imidazole rings is 1. The van der Waals surface area contributed by atoms with Gasteiger partial charge in [-0.15, -0.1) is 17.7 Å². The molecule has 0 atom stereocenters. The minimum atomic E-state index is 0. The summed E-state index contributed by atoms with van der Waals surface area (Å²) in [7, 11) is 0. The van der Waals surface area contributed by atoms with Crippen molar-refractivity contribution in [2.75, 3.05) is 0 Å². The Morgan fingerprint density at radius 2 is 1.73 bits per heavy atom. The standard InChI is InChI=1S/C27H25N2.Ir/c1-6-20-15-28-27-22-12-11-18(4)24(21-10-8-7-9-17(21)3)25(22)23-14-16(2)13-19(5)26(23)29(20)27;/h7-11,13-15H,6H2,1-5H3;/q-1;. The van der Waals surface area contributed by atoms with E-state index in [0.29, 0.717) is 0 Å². The van der Waals surface area contributed by atoms with Gasteiger partial charge in [0.1, 0.15) is 0 Å². The number of fused-ring (bicyclic) bond motifs is 6. The Hall–Kier alpha value is -2.48. The Labute approximate surface area is 191 Å². The molecule has 5 aromatic rings. The molecule has 2 heterocycles. The summed E-state index contributed by atoms with van der Waals surface area (Å²) in [5.41, 5.74) is 11.2. The second kappa shape index (κ2) is 7.65. The summed E-state index contributed by atoms with van der Waals surface area (Å²) in [4.78, 5) is 4.85. The molecule has 2 nitrogen and oxygen atoms in total. The van der Waals surface area contributed by atoms with Crippen molar-refractivity contribution in [3.63, 3.8) is 0 Å².